The Balaban J connectivity index is 0.000000314. The number of rotatable bonds is 22. The molecule has 0 aromatic heterocycles. The van der Waals surface area contributed by atoms with Gasteiger partial charge in [0.2, 0.25) is 23.6 Å². The standard InChI is InChI=1S/C25H32N4O2S2.C24H30N4O6S2.C19H18Cl2N4O2S2/c1-3-5-17-28(24(32)20-13-9-7-10-14-20)26-22(30)19-23(31)27-29(18-6-4-2)25(33)21-15-11-8-12-16-21;1-14(21(31)25-27(2)23(35)18-11-17(33-4)8-7-16(18)13-30)22(32)26-28(3)24(36)19-10-15(12-29)6-9-20(19)34-5;1-24(18(28)12-3-7-14(20)8-4-12)22-16(26)11-17(27)23-25(2)19(29)13-5-9-15(21)10-6-13/h7-16H,3-6,17-19H2,1-2H3,(H,26,30)(H,27,31);6-11,14,29-30H,12-13H2,1-5H3,(H,25,31)(H,26,32);3-10H,11H2,1-2H3,(H,22,26)(H,23,27). The smallest absolute Gasteiger partial charge is 0.250 e. The second-order valence-electron chi connectivity index (χ2n) is 21.4. The lowest BCUT2D eigenvalue weighted by Crippen LogP contribution is -2.51. The van der Waals surface area contributed by atoms with Gasteiger partial charge in [0.05, 0.1) is 33.0 Å². The number of halogens is 2. The van der Waals surface area contributed by atoms with Crippen molar-refractivity contribution in [1.29, 1.82) is 0 Å². The minimum atomic E-state index is -1.10. The van der Waals surface area contributed by atoms with Gasteiger partial charge in [0, 0.05) is 79.1 Å². The molecule has 0 heterocycles. The minimum Gasteiger partial charge on any atom is -0.497 e. The summed E-state index contributed by atoms with van der Waals surface area (Å²) in [4.78, 5) is 77.5. The van der Waals surface area contributed by atoms with Crippen LogP contribution in [0.1, 0.15) is 104 Å². The highest BCUT2D eigenvalue weighted by Crippen LogP contribution is 2.23. The number of thiocarbonyl (C=S) groups is 6. The van der Waals surface area contributed by atoms with Gasteiger partial charge >= 0.3 is 0 Å². The molecule has 30 heteroatoms. The first-order valence-corrected chi connectivity index (χ1v) is 33.6. The summed E-state index contributed by atoms with van der Waals surface area (Å²) in [6.45, 7) is 6.28. The largest absolute Gasteiger partial charge is 0.497 e. The second kappa shape index (κ2) is 42.4. The number of hydrogen-bond acceptors (Lipinski definition) is 16. The number of carbonyl (C=O) groups excluding carboxylic acids is 6. The van der Waals surface area contributed by atoms with E-state index >= 15 is 0 Å². The molecule has 6 aromatic carbocycles. The summed E-state index contributed by atoms with van der Waals surface area (Å²) in [5.41, 5.74) is 21.2. The van der Waals surface area contributed by atoms with Gasteiger partial charge in [-0.2, -0.15) is 0 Å². The molecule has 22 nitrogen and oxygen atoms in total. The summed E-state index contributed by atoms with van der Waals surface area (Å²) >= 11 is 44.4. The highest BCUT2D eigenvalue weighted by Gasteiger charge is 2.27. The van der Waals surface area contributed by atoms with Crippen LogP contribution in [-0.2, 0) is 42.0 Å². The van der Waals surface area contributed by atoms with Crippen LogP contribution >= 0.6 is 96.5 Å². The molecule has 6 aromatic rings. The van der Waals surface area contributed by atoms with E-state index < -0.39 is 47.8 Å². The zero-order valence-electron chi connectivity index (χ0n) is 55.6. The van der Waals surface area contributed by atoms with Crippen molar-refractivity contribution < 1.29 is 48.5 Å². The third-order valence-corrected chi connectivity index (χ3v) is 17.3. The normalized spacial score (nSPS) is 10.5. The van der Waals surface area contributed by atoms with Crippen molar-refractivity contribution in [1.82, 2.24) is 62.6 Å². The highest BCUT2D eigenvalue weighted by atomic mass is 35.5. The van der Waals surface area contributed by atoms with Gasteiger partial charge in [0.1, 0.15) is 60.2 Å². The highest BCUT2D eigenvalue weighted by molar-refractivity contribution is 7.81. The maximum Gasteiger partial charge on any atom is 0.250 e. The van der Waals surface area contributed by atoms with Crippen molar-refractivity contribution in [3.63, 3.8) is 0 Å². The van der Waals surface area contributed by atoms with Crippen LogP contribution in [0.4, 0.5) is 0 Å². The summed E-state index contributed by atoms with van der Waals surface area (Å²) in [5.74, 6) is -3.20. The van der Waals surface area contributed by atoms with Gasteiger partial charge < -0.3 is 19.7 Å². The van der Waals surface area contributed by atoms with E-state index in [2.05, 4.69) is 46.4 Å². The van der Waals surface area contributed by atoms with E-state index in [4.69, 9.17) is 106 Å². The molecule has 1 atom stereocenters. The maximum absolute atomic E-state index is 12.8. The first kappa shape index (κ1) is 82.0. The Morgan fingerprint density at radius 1 is 0.449 bits per heavy atom. The van der Waals surface area contributed by atoms with Crippen LogP contribution < -0.4 is 42.0 Å². The predicted octanol–water partition coefficient (Wildman–Crippen LogP) is 9.06. The van der Waals surface area contributed by atoms with Crippen LogP contribution in [0.3, 0.4) is 0 Å². The van der Waals surface area contributed by atoms with Crippen molar-refractivity contribution in [2.24, 2.45) is 5.92 Å². The molecule has 0 saturated heterocycles. The Bertz CT molecular complexity index is 3520. The summed E-state index contributed by atoms with van der Waals surface area (Å²) < 4.78 is 10.5. The van der Waals surface area contributed by atoms with Gasteiger partial charge in [-0.1, -0.05) is 220 Å². The first-order valence-electron chi connectivity index (χ1n) is 30.4. The number of hydrogen-bond donors (Lipinski definition) is 8. The zero-order valence-corrected chi connectivity index (χ0v) is 62.0. The Morgan fingerprint density at radius 3 is 1.21 bits per heavy atom. The Morgan fingerprint density at radius 2 is 0.837 bits per heavy atom. The molecule has 0 bridgehead atoms. The van der Waals surface area contributed by atoms with Gasteiger partial charge in [-0.05, 0) is 79.4 Å². The van der Waals surface area contributed by atoms with Gasteiger partial charge in [-0.25, -0.2) is 0 Å². The van der Waals surface area contributed by atoms with Gasteiger partial charge in [0.25, 0.3) is 11.8 Å². The van der Waals surface area contributed by atoms with Crippen molar-refractivity contribution in [3.05, 3.63) is 200 Å². The molecule has 0 aliphatic carbocycles. The van der Waals surface area contributed by atoms with Crippen molar-refractivity contribution in [2.45, 2.75) is 72.5 Å². The number of benzene rings is 6. The van der Waals surface area contributed by atoms with E-state index in [1.807, 2.05) is 60.7 Å². The number of hydrazine groups is 6. The molecule has 8 N–H and O–H groups in total. The van der Waals surface area contributed by atoms with Crippen LogP contribution in [0, 0.1) is 5.92 Å². The zero-order chi connectivity index (χ0) is 72.6. The number of amides is 6. The molecule has 522 valence electrons. The summed E-state index contributed by atoms with van der Waals surface area (Å²) in [7, 11) is 9.25. The minimum absolute atomic E-state index is 0.183. The number of aliphatic hydroxyl groups is 2. The summed E-state index contributed by atoms with van der Waals surface area (Å²) in [6, 6.07) is 42.8. The Kier molecular flexibility index (Phi) is 35.5. The fourth-order valence-electron chi connectivity index (χ4n) is 8.47. The molecule has 0 spiro atoms. The van der Waals surface area contributed by atoms with E-state index in [-0.39, 0.29) is 29.6 Å². The predicted molar refractivity (Wildman–Crippen MR) is 405 cm³/mol. The van der Waals surface area contributed by atoms with Crippen molar-refractivity contribution in [3.8, 4) is 11.5 Å². The van der Waals surface area contributed by atoms with E-state index in [1.54, 1.807) is 109 Å². The van der Waals surface area contributed by atoms with E-state index in [0.29, 0.717) is 88.0 Å². The number of carbonyl (C=O) groups is 6. The molecule has 1 unspecified atom stereocenters. The van der Waals surface area contributed by atoms with Crippen LogP contribution in [0.15, 0.2) is 146 Å². The Hall–Kier alpha value is -8.42. The lowest BCUT2D eigenvalue weighted by molar-refractivity contribution is -0.138. The maximum atomic E-state index is 12.8. The Labute approximate surface area is 614 Å². The number of nitrogens with zero attached hydrogens (tertiary/aromatic N) is 6. The molecule has 0 radical (unpaired) electrons. The second-order valence-corrected chi connectivity index (χ2v) is 24.6. The monoisotopic (exact) mass is 1490 g/mol. The van der Waals surface area contributed by atoms with E-state index in [1.165, 1.54) is 55.3 Å². The number of ether oxygens (including phenoxy) is 2. The molecule has 0 fully saturated rings. The average Bonchev–Trinajstić information content (AvgIpc) is 0.844. The van der Waals surface area contributed by atoms with Crippen LogP contribution in [0.2, 0.25) is 10.0 Å². The third-order valence-electron chi connectivity index (χ3n) is 13.9. The third kappa shape index (κ3) is 26.4. The topological polar surface area (TPSA) is 253 Å². The quantitative estimate of drug-likeness (QED) is 0.0179. The van der Waals surface area contributed by atoms with Crippen LogP contribution in [0.5, 0.6) is 11.5 Å². The first-order chi connectivity index (χ1) is 46.7. The summed E-state index contributed by atoms with van der Waals surface area (Å²) in [5, 5.41) is 28.9. The number of aliphatic hydroxyl groups excluding tert-OH is 2. The molecular weight excluding hydrogens is 1410 g/mol. The molecule has 0 aliphatic rings. The fraction of sp³-hybridized carbons (Fsp3) is 0.294. The number of methoxy groups -OCH3 is 2. The summed E-state index contributed by atoms with van der Waals surface area (Å²) in [6.07, 6.45) is 2.88. The molecule has 0 saturated carbocycles. The van der Waals surface area contributed by atoms with Gasteiger partial charge in [-0.15, -0.1) is 0 Å². The molecular formula is C68H80Cl2N12O10S6. The van der Waals surface area contributed by atoms with Crippen LogP contribution in [0.25, 0.3) is 0 Å². The SMILES string of the molecule is CCCCN(NC(=O)CC(=O)NN(CCCC)C(=S)c1ccccc1)C(=S)c1ccccc1.CN(NC(=O)CC(=O)NN(C)C(=S)c1ccc(Cl)cc1)C(=S)c1ccc(Cl)cc1.COc1ccc(CO)c(C(=S)N(C)NC(=O)C(C)C(=O)NN(C)C(=S)c2cc(CO)ccc2OC)c1. The van der Waals surface area contributed by atoms with E-state index in [0.717, 1.165) is 36.8 Å². The van der Waals surface area contributed by atoms with Crippen molar-refractivity contribution >= 4 is 162 Å². The average molecular weight is 1490 g/mol. The molecule has 98 heavy (non-hydrogen) atoms. The van der Waals surface area contributed by atoms with Gasteiger partial charge in [-0.3, -0.25) is 91.4 Å². The molecule has 0 aliphatic heterocycles. The van der Waals surface area contributed by atoms with Crippen LogP contribution in [-0.4, -0.2) is 161 Å². The molecule has 6 amide bonds. The number of nitrogens with one attached hydrogen (secondary N) is 6. The van der Waals surface area contributed by atoms with E-state index in [9.17, 15) is 39.0 Å². The fourth-order valence-corrected chi connectivity index (χ4v) is 10.1. The lowest BCUT2D eigenvalue weighted by Gasteiger charge is -2.27. The number of unbranched alkanes of at least 4 members (excludes halogenated alkanes) is 2. The lowest BCUT2D eigenvalue weighted by atomic mass is 10.1. The molecule has 6 rings (SSSR count). The van der Waals surface area contributed by atoms with Crippen molar-refractivity contribution in [2.75, 3.05) is 55.5 Å². The van der Waals surface area contributed by atoms with Gasteiger partial charge in [0.15, 0.2) is 0 Å².